The smallest absolute Gasteiger partial charge is 0.277 e. The Kier molecular flexibility index (Phi) is 5.81. The van der Waals surface area contributed by atoms with Gasteiger partial charge in [-0.25, -0.2) is 0 Å². The fraction of sp³-hybridized carbons (Fsp3) is 0.250. The molecule has 0 aliphatic heterocycles. The maximum atomic E-state index is 12.4. The summed E-state index contributed by atoms with van der Waals surface area (Å²) in [5.41, 5.74) is 3.79. The molecule has 0 spiro atoms. The fourth-order valence-electron chi connectivity index (χ4n) is 2.47. The molecule has 0 aliphatic rings. The van der Waals surface area contributed by atoms with Crippen LogP contribution in [0.5, 0.6) is 0 Å². The number of anilines is 2. The third-order valence-electron chi connectivity index (χ3n) is 4.08. The van der Waals surface area contributed by atoms with Gasteiger partial charge in [-0.1, -0.05) is 30.0 Å². The zero-order valence-corrected chi connectivity index (χ0v) is 16.6. The number of aryl methyl sites for hydroxylation is 1. The van der Waals surface area contributed by atoms with Crippen LogP contribution in [0.3, 0.4) is 0 Å². The molecular weight excluding hydrogens is 360 g/mol. The molecule has 1 amide bonds. The highest BCUT2D eigenvalue weighted by atomic mass is 32.2. The number of carbonyl (C=O) groups is 1. The molecule has 0 bridgehead atoms. The molecule has 1 unspecified atom stereocenters. The van der Waals surface area contributed by atoms with Crippen LogP contribution < -0.4 is 10.2 Å². The zero-order chi connectivity index (χ0) is 19.4. The zero-order valence-electron chi connectivity index (χ0n) is 15.8. The van der Waals surface area contributed by atoms with E-state index in [0.717, 1.165) is 22.5 Å². The first-order valence-corrected chi connectivity index (χ1v) is 9.46. The number of thioether (sulfide) groups is 1. The highest BCUT2D eigenvalue weighted by molar-refractivity contribution is 8.00. The minimum Gasteiger partial charge on any atom is -0.411 e. The third-order valence-corrected chi connectivity index (χ3v) is 5.01. The van der Waals surface area contributed by atoms with Crippen LogP contribution in [0.15, 0.2) is 58.2 Å². The van der Waals surface area contributed by atoms with Crippen LogP contribution in [0.25, 0.3) is 11.5 Å². The largest absolute Gasteiger partial charge is 0.411 e. The number of benzene rings is 2. The molecule has 7 heteroatoms. The monoisotopic (exact) mass is 382 g/mol. The van der Waals surface area contributed by atoms with Crippen molar-refractivity contribution in [1.29, 1.82) is 0 Å². The Morgan fingerprint density at radius 1 is 1.11 bits per heavy atom. The quantitative estimate of drug-likeness (QED) is 0.643. The van der Waals surface area contributed by atoms with Crippen LogP contribution in [0.1, 0.15) is 12.5 Å². The van der Waals surface area contributed by atoms with Gasteiger partial charge in [-0.15, -0.1) is 10.2 Å². The summed E-state index contributed by atoms with van der Waals surface area (Å²) in [7, 11) is 3.95. The Bertz CT molecular complexity index is 922. The van der Waals surface area contributed by atoms with Gasteiger partial charge in [0.15, 0.2) is 0 Å². The summed E-state index contributed by atoms with van der Waals surface area (Å²) >= 11 is 1.24. The van der Waals surface area contributed by atoms with Gasteiger partial charge in [-0.05, 0) is 49.7 Å². The standard InChI is InChI=1S/C20H22N4O2S/c1-13-7-5-6-8-17(13)19-22-23-20(26-19)27-14(2)18(25)21-15-9-11-16(12-10-15)24(3)4/h5-12,14H,1-4H3,(H,21,25). The van der Waals surface area contributed by atoms with Crippen LogP contribution >= 0.6 is 11.8 Å². The van der Waals surface area contributed by atoms with Crippen molar-refractivity contribution in [2.24, 2.45) is 0 Å². The Balaban J connectivity index is 1.62. The number of rotatable bonds is 6. The number of hydrogen-bond acceptors (Lipinski definition) is 6. The lowest BCUT2D eigenvalue weighted by molar-refractivity contribution is -0.115. The van der Waals surface area contributed by atoms with Crippen molar-refractivity contribution in [3.05, 3.63) is 54.1 Å². The molecule has 0 radical (unpaired) electrons. The normalized spacial score (nSPS) is 11.9. The van der Waals surface area contributed by atoms with E-state index in [4.69, 9.17) is 4.42 Å². The molecule has 0 saturated carbocycles. The van der Waals surface area contributed by atoms with Gasteiger partial charge in [0.25, 0.3) is 5.22 Å². The summed E-state index contributed by atoms with van der Waals surface area (Å²) in [6.45, 7) is 3.80. The summed E-state index contributed by atoms with van der Waals surface area (Å²) in [6.07, 6.45) is 0. The lowest BCUT2D eigenvalue weighted by Gasteiger charge is -2.14. The van der Waals surface area contributed by atoms with E-state index in [1.807, 2.05) is 81.4 Å². The fourth-order valence-corrected chi connectivity index (χ4v) is 3.15. The topological polar surface area (TPSA) is 71.3 Å². The van der Waals surface area contributed by atoms with Crippen molar-refractivity contribution in [1.82, 2.24) is 10.2 Å². The lowest BCUT2D eigenvalue weighted by Crippen LogP contribution is -2.22. The molecule has 6 nitrogen and oxygen atoms in total. The molecule has 2 aromatic carbocycles. The summed E-state index contributed by atoms with van der Waals surface area (Å²) < 4.78 is 5.72. The summed E-state index contributed by atoms with van der Waals surface area (Å²) in [6, 6.07) is 15.5. The van der Waals surface area contributed by atoms with Gasteiger partial charge in [0.1, 0.15) is 0 Å². The van der Waals surface area contributed by atoms with Crippen molar-refractivity contribution in [2.75, 3.05) is 24.3 Å². The van der Waals surface area contributed by atoms with E-state index in [1.54, 1.807) is 0 Å². The summed E-state index contributed by atoms with van der Waals surface area (Å²) in [5.74, 6) is 0.343. The maximum Gasteiger partial charge on any atom is 0.277 e. The number of aromatic nitrogens is 2. The lowest BCUT2D eigenvalue weighted by atomic mass is 10.1. The highest BCUT2D eigenvalue weighted by Crippen LogP contribution is 2.28. The van der Waals surface area contributed by atoms with Crippen LogP contribution in [0.4, 0.5) is 11.4 Å². The molecule has 1 atom stereocenters. The SMILES string of the molecule is Cc1ccccc1-c1nnc(SC(C)C(=O)Nc2ccc(N(C)C)cc2)o1. The number of amides is 1. The second kappa shape index (κ2) is 8.26. The second-order valence-corrected chi connectivity index (χ2v) is 7.67. The van der Waals surface area contributed by atoms with Gasteiger partial charge in [0.2, 0.25) is 11.8 Å². The molecule has 1 heterocycles. The van der Waals surface area contributed by atoms with Crippen molar-refractivity contribution < 1.29 is 9.21 Å². The number of hydrogen-bond donors (Lipinski definition) is 1. The van der Waals surface area contributed by atoms with E-state index in [0.29, 0.717) is 11.1 Å². The van der Waals surface area contributed by atoms with Gasteiger partial charge in [0.05, 0.1) is 5.25 Å². The van der Waals surface area contributed by atoms with Gasteiger partial charge in [0, 0.05) is 31.0 Å². The highest BCUT2D eigenvalue weighted by Gasteiger charge is 2.19. The van der Waals surface area contributed by atoms with Crippen molar-refractivity contribution in [2.45, 2.75) is 24.3 Å². The first-order valence-electron chi connectivity index (χ1n) is 8.58. The average molecular weight is 382 g/mol. The van der Waals surface area contributed by atoms with E-state index < -0.39 is 0 Å². The summed E-state index contributed by atoms with van der Waals surface area (Å²) in [4.78, 5) is 14.4. The molecule has 3 aromatic rings. The Morgan fingerprint density at radius 3 is 2.48 bits per heavy atom. The average Bonchev–Trinajstić information content (AvgIpc) is 3.10. The van der Waals surface area contributed by atoms with E-state index in [-0.39, 0.29) is 11.2 Å². The Hall–Kier alpha value is -2.80. The van der Waals surface area contributed by atoms with Crippen LogP contribution in [0.2, 0.25) is 0 Å². The third kappa shape index (κ3) is 4.68. The van der Waals surface area contributed by atoms with E-state index >= 15 is 0 Å². The predicted octanol–water partition coefficient (Wildman–Crippen LogP) is 4.23. The first-order chi connectivity index (χ1) is 12.9. The maximum absolute atomic E-state index is 12.4. The molecule has 1 N–H and O–H groups in total. The van der Waals surface area contributed by atoms with Crippen LogP contribution in [0, 0.1) is 6.92 Å². The number of carbonyl (C=O) groups excluding carboxylic acids is 1. The van der Waals surface area contributed by atoms with Gasteiger partial charge in [-0.2, -0.15) is 0 Å². The van der Waals surface area contributed by atoms with E-state index in [2.05, 4.69) is 15.5 Å². The predicted molar refractivity (Wildman–Crippen MR) is 109 cm³/mol. The number of nitrogens with one attached hydrogen (secondary N) is 1. The van der Waals surface area contributed by atoms with E-state index in [1.165, 1.54) is 11.8 Å². The molecule has 27 heavy (non-hydrogen) atoms. The van der Waals surface area contributed by atoms with Crippen molar-refractivity contribution in [3.8, 4) is 11.5 Å². The molecule has 3 rings (SSSR count). The summed E-state index contributed by atoms with van der Waals surface area (Å²) in [5, 5.41) is 11.1. The molecule has 140 valence electrons. The van der Waals surface area contributed by atoms with Crippen LogP contribution in [-0.4, -0.2) is 35.4 Å². The Morgan fingerprint density at radius 2 is 1.81 bits per heavy atom. The molecule has 0 fully saturated rings. The van der Waals surface area contributed by atoms with Crippen molar-refractivity contribution >= 4 is 29.0 Å². The molecule has 1 aromatic heterocycles. The second-order valence-electron chi connectivity index (χ2n) is 6.38. The van der Waals surface area contributed by atoms with Crippen LogP contribution in [-0.2, 0) is 4.79 Å². The number of nitrogens with zero attached hydrogens (tertiary/aromatic N) is 3. The molecular formula is C20H22N4O2S. The minimum absolute atomic E-state index is 0.117. The van der Waals surface area contributed by atoms with E-state index in [9.17, 15) is 4.79 Å². The minimum atomic E-state index is -0.372. The van der Waals surface area contributed by atoms with Gasteiger partial charge in [-0.3, -0.25) is 4.79 Å². The Labute approximate surface area is 163 Å². The van der Waals surface area contributed by atoms with Crippen molar-refractivity contribution in [3.63, 3.8) is 0 Å². The van der Waals surface area contributed by atoms with Gasteiger partial charge < -0.3 is 14.6 Å². The first kappa shape index (κ1) is 19.0. The molecule has 0 aliphatic carbocycles. The van der Waals surface area contributed by atoms with Gasteiger partial charge >= 0.3 is 0 Å². The molecule has 0 saturated heterocycles.